The number of Topliss-reactive ketones (excluding diaryl/α,β-unsaturated/α-hetero) is 1. The number of hydrogen-bond donors (Lipinski definition) is 0. The minimum atomic E-state index is 0.0624. The SMILES string of the molecule is CC(C)C(=O)c1cc2ccccn2c1. The summed E-state index contributed by atoms with van der Waals surface area (Å²) in [6.45, 7) is 3.84. The van der Waals surface area contributed by atoms with Crippen molar-refractivity contribution in [2.75, 3.05) is 0 Å². The van der Waals surface area contributed by atoms with Crippen LogP contribution in [-0.2, 0) is 0 Å². The number of carbonyl (C=O) groups excluding carboxylic acids is 1. The van der Waals surface area contributed by atoms with Gasteiger partial charge in [0.25, 0.3) is 0 Å². The first kappa shape index (κ1) is 9.00. The van der Waals surface area contributed by atoms with Crippen LogP contribution in [-0.4, -0.2) is 10.2 Å². The van der Waals surface area contributed by atoms with Crippen LogP contribution in [0.1, 0.15) is 24.2 Å². The fourth-order valence-corrected chi connectivity index (χ4v) is 1.52. The Morgan fingerprint density at radius 3 is 2.79 bits per heavy atom. The second kappa shape index (κ2) is 3.29. The van der Waals surface area contributed by atoms with Gasteiger partial charge in [-0.05, 0) is 18.2 Å². The summed E-state index contributed by atoms with van der Waals surface area (Å²) >= 11 is 0. The molecule has 2 heterocycles. The number of aromatic nitrogens is 1. The van der Waals surface area contributed by atoms with Crippen LogP contribution in [0.4, 0.5) is 0 Å². The van der Waals surface area contributed by atoms with Crippen molar-refractivity contribution in [2.45, 2.75) is 13.8 Å². The minimum absolute atomic E-state index is 0.0624. The van der Waals surface area contributed by atoms with Crippen molar-refractivity contribution in [3.63, 3.8) is 0 Å². The van der Waals surface area contributed by atoms with Crippen molar-refractivity contribution >= 4 is 11.3 Å². The lowest BCUT2D eigenvalue weighted by Crippen LogP contribution is -2.05. The summed E-state index contributed by atoms with van der Waals surface area (Å²) in [4.78, 5) is 11.7. The fraction of sp³-hybridized carbons (Fsp3) is 0.250. The molecular formula is C12H13NO. The van der Waals surface area contributed by atoms with Gasteiger partial charge in [-0.2, -0.15) is 0 Å². The Kier molecular flexibility index (Phi) is 2.12. The van der Waals surface area contributed by atoms with Crippen LogP contribution in [0.25, 0.3) is 5.52 Å². The molecule has 0 amide bonds. The highest BCUT2D eigenvalue weighted by Crippen LogP contribution is 2.13. The molecule has 14 heavy (non-hydrogen) atoms. The Morgan fingerprint density at radius 1 is 1.36 bits per heavy atom. The Morgan fingerprint density at radius 2 is 2.14 bits per heavy atom. The highest BCUT2D eigenvalue weighted by atomic mass is 16.1. The van der Waals surface area contributed by atoms with Crippen molar-refractivity contribution in [1.29, 1.82) is 0 Å². The molecule has 0 spiro atoms. The van der Waals surface area contributed by atoms with Gasteiger partial charge < -0.3 is 4.40 Å². The molecule has 2 heteroatoms. The van der Waals surface area contributed by atoms with Gasteiger partial charge in [0, 0.05) is 29.4 Å². The summed E-state index contributed by atoms with van der Waals surface area (Å²) in [5, 5.41) is 0. The van der Waals surface area contributed by atoms with Gasteiger partial charge in [0.15, 0.2) is 5.78 Å². The van der Waals surface area contributed by atoms with Gasteiger partial charge in [0.2, 0.25) is 0 Å². The van der Waals surface area contributed by atoms with Crippen molar-refractivity contribution in [2.24, 2.45) is 5.92 Å². The average molecular weight is 187 g/mol. The van der Waals surface area contributed by atoms with E-state index in [-0.39, 0.29) is 11.7 Å². The third-order valence-electron chi connectivity index (χ3n) is 2.31. The lowest BCUT2D eigenvalue weighted by atomic mass is 10.0. The van der Waals surface area contributed by atoms with Crippen LogP contribution in [0, 0.1) is 5.92 Å². The summed E-state index contributed by atoms with van der Waals surface area (Å²) in [6.07, 6.45) is 3.84. The van der Waals surface area contributed by atoms with Gasteiger partial charge in [0.05, 0.1) is 0 Å². The summed E-state index contributed by atoms with van der Waals surface area (Å²) in [5.74, 6) is 0.265. The van der Waals surface area contributed by atoms with Crippen LogP contribution in [0.5, 0.6) is 0 Å². The molecule has 0 fully saturated rings. The first-order valence-electron chi connectivity index (χ1n) is 4.79. The van der Waals surface area contributed by atoms with Crippen LogP contribution < -0.4 is 0 Å². The Labute approximate surface area is 83.2 Å². The molecule has 2 aromatic heterocycles. The third-order valence-corrected chi connectivity index (χ3v) is 2.31. The van der Waals surface area contributed by atoms with Gasteiger partial charge in [-0.1, -0.05) is 19.9 Å². The molecule has 0 unspecified atom stereocenters. The highest BCUT2D eigenvalue weighted by molar-refractivity contribution is 5.98. The largest absolute Gasteiger partial charge is 0.323 e. The standard InChI is InChI=1S/C12H13NO/c1-9(2)12(14)10-7-11-5-3-4-6-13(11)8-10/h3-9H,1-2H3. The van der Waals surface area contributed by atoms with Crippen LogP contribution >= 0.6 is 0 Å². The van der Waals surface area contributed by atoms with Crippen molar-refractivity contribution < 1.29 is 4.79 Å². The third kappa shape index (κ3) is 1.43. The molecule has 0 aromatic carbocycles. The molecule has 0 N–H and O–H groups in total. The van der Waals surface area contributed by atoms with Gasteiger partial charge in [0.1, 0.15) is 0 Å². The zero-order chi connectivity index (χ0) is 10.1. The highest BCUT2D eigenvalue weighted by Gasteiger charge is 2.11. The van der Waals surface area contributed by atoms with E-state index in [9.17, 15) is 4.79 Å². The molecule has 2 nitrogen and oxygen atoms in total. The maximum Gasteiger partial charge on any atom is 0.166 e. The normalized spacial score (nSPS) is 11.1. The summed E-state index contributed by atoms with van der Waals surface area (Å²) in [5.41, 5.74) is 1.86. The number of rotatable bonds is 2. The average Bonchev–Trinajstić information content (AvgIpc) is 2.59. The van der Waals surface area contributed by atoms with Gasteiger partial charge in [-0.15, -0.1) is 0 Å². The summed E-state index contributed by atoms with van der Waals surface area (Å²) in [7, 11) is 0. The minimum Gasteiger partial charge on any atom is -0.323 e. The first-order valence-corrected chi connectivity index (χ1v) is 4.79. The van der Waals surface area contributed by atoms with E-state index in [1.54, 1.807) is 0 Å². The van der Waals surface area contributed by atoms with E-state index in [1.165, 1.54) is 0 Å². The zero-order valence-electron chi connectivity index (χ0n) is 8.40. The molecule has 0 radical (unpaired) electrons. The molecule has 0 atom stereocenters. The molecule has 0 aliphatic rings. The lowest BCUT2D eigenvalue weighted by molar-refractivity contribution is 0.0939. The van der Waals surface area contributed by atoms with E-state index in [2.05, 4.69) is 0 Å². The monoisotopic (exact) mass is 187 g/mol. The number of ketones is 1. The van der Waals surface area contributed by atoms with Crippen molar-refractivity contribution in [3.8, 4) is 0 Å². The molecule has 0 aliphatic carbocycles. The Balaban J connectivity index is 2.50. The van der Waals surface area contributed by atoms with E-state index < -0.39 is 0 Å². The van der Waals surface area contributed by atoms with Crippen LogP contribution in [0.15, 0.2) is 36.7 Å². The molecular weight excluding hydrogens is 174 g/mol. The number of pyridine rings is 1. The topological polar surface area (TPSA) is 21.5 Å². The van der Waals surface area contributed by atoms with Crippen molar-refractivity contribution in [1.82, 2.24) is 4.40 Å². The lowest BCUT2D eigenvalue weighted by Gasteiger charge is -1.98. The second-order valence-corrected chi connectivity index (χ2v) is 3.78. The van der Waals surface area contributed by atoms with Crippen LogP contribution in [0.2, 0.25) is 0 Å². The zero-order valence-corrected chi connectivity index (χ0v) is 8.40. The Hall–Kier alpha value is -1.57. The fourth-order valence-electron chi connectivity index (χ4n) is 1.52. The molecule has 72 valence electrons. The smallest absolute Gasteiger partial charge is 0.166 e. The number of carbonyl (C=O) groups is 1. The number of fused-ring (bicyclic) bond motifs is 1. The number of nitrogens with zero attached hydrogens (tertiary/aromatic N) is 1. The van der Waals surface area contributed by atoms with E-state index in [0.29, 0.717) is 0 Å². The Bertz CT molecular complexity index is 435. The maximum absolute atomic E-state index is 11.7. The summed E-state index contributed by atoms with van der Waals surface area (Å²) in [6, 6.07) is 7.86. The van der Waals surface area contributed by atoms with Gasteiger partial charge >= 0.3 is 0 Å². The van der Waals surface area contributed by atoms with E-state index in [4.69, 9.17) is 0 Å². The molecule has 0 aliphatic heterocycles. The predicted molar refractivity (Wildman–Crippen MR) is 56.6 cm³/mol. The second-order valence-electron chi connectivity index (χ2n) is 3.78. The maximum atomic E-state index is 11.7. The van der Waals surface area contributed by atoms with Crippen LogP contribution in [0.3, 0.4) is 0 Å². The molecule has 0 saturated heterocycles. The van der Waals surface area contributed by atoms with Gasteiger partial charge in [-0.3, -0.25) is 4.79 Å². The quantitative estimate of drug-likeness (QED) is 0.662. The van der Waals surface area contributed by atoms with Gasteiger partial charge in [-0.25, -0.2) is 0 Å². The molecule has 0 bridgehead atoms. The molecule has 2 rings (SSSR count). The predicted octanol–water partition coefficient (Wildman–Crippen LogP) is 2.78. The van der Waals surface area contributed by atoms with Crippen molar-refractivity contribution in [3.05, 3.63) is 42.2 Å². The van der Waals surface area contributed by atoms with E-state index in [0.717, 1.165) is 11.1 Å². The molecule has 0 saturated carbocycles. The number of hydrogen-bond acceptors (Lipinski definition) is 1. The van der Waals surface area contributed by atoms with E-state index >= 15 is 0 Å². The summed E-state index contributed by atoms with van der Waals surface area (Å²) < 4.78 is 1.97. The first-order chi connectivity index (χ1) is 6.68. The van der Waals surface area contributed by atoms with E-state index in [1.807, 2.05) is 54.9 Å². The molecule has 2 aromatic rings.